The molecule has 0 bridgehead atoms. The van der Waals surface area contributed by atoms with E-state index in [1.807, 2.05) is 44.3 Å². The molecule has 1 heterocycles. The number of fused-ring (bicyclic) bond motifs is 1. The SMILES string of the molecule is Cc1cc(N)ccc1-c1nn(C)c2ccc(C(=O)Nc3ccc(F)cc3)cc12. The lowest BCUT2D eigenvalue weighted by atomic mass is 10.0. The summed E-state index contributed by atoms with van der Waals surface area (Å²) in [6.45, 7) is 1.98. The van der Waals surface area contributed by atoms with E-state index >= 15 is 0 Å². The first-order valence-electron chi connectivity index (χ1n) is 8.82. The highest BCUT2D eigenvalue weighted by molar-refractivity contribution is 6.07. The lowest BCUT2D eigenvalue weighted by molar-refractivity contribution is 0.102. The van der Waals surface area contributed by atoms with E-state index < -0.39 is 0 Å². The Kier molecular flexibility index (Phi) is 4.31. The maximum absolute atomic E-state index is 13.1. The minimum Gasteiger partial charge on any atom is -0.399 e. The number of nitrogens with two attached hydrogens (primary N) is 1. The molecule has 0 fully saturated rings. The number of hydrogen-bond acceptors (Lipinski definition) is 3. The molecule has 5 nitrogen and oxygen atoms in total. The van der Waals surface area contributed by atoms with Gasteiger partial charge in [0.1, 0.15) is 11.5 Å². The van der Waals surface area contributed by atoms with Crippen LogP contribution in [-0.2, 0) is 7.05 Å². The lowest BCUT2D eigenvalue weighted by Crippen LogP contribution is -2.11. The molecular weight excluding hydrogens is 355 g/mol. The Morgan fingerprint density at radius 3 is 2.54 bits per heavy atom. The predicted molar refractivity (Wildman–Crippen MR) is 110 cm³/mol. The Labute approximate surface area is 161 Å². The summed E-state index contributed by atoms with van der Waals surface area (Å²) < 4.78 is 14.9. The molecule has 1 aromatic heterocycles. The summed E-state index contributed by atoms with van der Waals surface area (Å²) in [5, 5.41) is 8.31. The first-order chi connectivity index (χ1) is 13.4. The van der Waals surface area contributed by atoms with Gasteiger partial charge in [-0.1, -0.05) is 6.07 Å². The van der Waals surface area contributed by atoms with Crippen LogP contribution >= 0.6 is 0 Å². The van der Waals surface area contributed by atoms with E-state index in [1.54, 1.807) is 10.7 Å². The number of nitrogens with one attached hydrogen (secondary N) is 1. The normalized spacial score (nSPS) is 11.0. The van der Waals surface area contributed by atoms with Gasteiger partial charge in [-0.25, -0.2) is 4.39 Å². The van der Waals surface area contributed by atoms with E-state index in [0.29, 0.717) is 16.9 Å². The molecule has 4 rings (SSSR count). The number of amides is 1. The summed E-state index contributed by atoms with van der Waals surface area (Å²) in [7, 11) is 1.87. The number of carbonyl (C=O) groups is 1. The summed E-state index contributed by atoms with van der Waals surface area (Å²) >= 11 is 0. The number of anilines is 2. The van der Waals surface area contributed by atoms with Crippen molar-refractivity contribution in [2.75, 3.05) is 11.1 Å². The molecule has 3 aromatic carbocycles. The quantitative estimate of drug-likeness (QED) is 0.518. The zero-order valence-corrected chi connectivity index (χ0v) is 15.5. The van der Waals surface area contributed by atoms with Crippen LogP contribution in [0.3, 0.4) is 0 Å². The highest BCUT2D eigenvalue weighted by Crippen LogP contribution is 2.31. The number of carbonyl (C=O) groups excluding carboxylic acids is 1. The molecule has 0 spiro atoms. The van der Waals surface area contributed by atoms with Crippen LogP contribution in [0.25, 0.3) is 22.2 Å². The average Bonchev–Trinajstić information content (AvgIpc) is 2.99. The van der Waals surface area contributed by atoms with Crippen molar-refractivity contribution >= 4 is 28.2 Å². The van der Waals surface area contributed by atoms with Crippen molar-refractivity contribution in [3.05, 3.63) is 77.6 Å². The summed E-state index contributed by atoms with van der Waals surface area (Å²) in [5.74, 6) is -0.615. The van der Waals surface area contributed by atoms with E-state index in [4.69, 9.17) is 5.73 Å². The first kappa shape index (κ1) is 17.7. The molecule has 1 amide bonds. The van der Waals surface area contributed by atoms with Gasteiger partial charge in [-0.15, -0.1) is 0 Å². The van der Waals surface area contributed by atoms with E-state index in [1.165, 1.54) is 24.3 Å². The number of halogens is 1. The summed E-state index contributed by atoms with van der Waals surface area (Å²) in [4.78, 5) is 12.7. The Morgan fingerprint density at radius 2 is 1.82 bits per heavy atom. The van der Waals surface area contributed by atoms with Gasteiger partial charge in [0.25, 0.3) is 5.91 Å². The van der Waals surface area contributed by atoms with Crippen LogP contribution in [0.1, 0.15) is 15.9 Å². The van der Waals surface area contributed by atoms with Crippen molar-refractivity contribution in [1.82, 2.24) is 9.78 Å². The van der Waals surface area contributed by atoms with Crippen LogP contribution in [0.2, 0.25) is 0 Å². The second kappa shape index (κ2) is 6.81. The standard InChI is InChI=1S/C22H19FN4O/c1-13-11-16(24)6-9-18(13)21-19-12-14(3-10-20(19)27(2)26-21)22(28)25-17-7-4-15(23)5-8-17/h3-12H,24H2,1-2H3,(H,25,28). The molecule has 28 heavy (non-hydrogen) atoms. The minimum atomic E-state index is -0.349. The van der Waals surface area contributed by atoms with Crippen LogP contribution in [0.4, 0.5) is 15.8 Å². The second-order valence-electron chi connectivity index (χ2n) is 6.74. The van der Waals surface area contributed by atoms with Crippen molar-refractivity contribution in [3.8, 4) is 11.3 Å². The van der Waals surface area contributed by atoms with Gasteiger partial charge in [-0.3, -0.25) is 9.48 Å². The fraction of sp³-hybridized carbons (Fsp3) is 0.0909. The van der Waals surface area contributed by atoms with Gasteiger partial charge in [-0.2, -0.15) is 5.10 Å². The van der Waals surface area contributed by atoms with Crippen LogP contribution in [0.15, 0.2) is 60.7 Å². The topological polar surface area (TPSA) is 72.9 Å². The smallest absolute Gasteiger partial charge is 0.255 e. The van der Waals surface area contributed by atoms with Crippen molar-refractivity contribution in [3.63, 3.8) is 0 Å². The third-order valence-electron chi connectivity index (χ3n) is 4.72. The van der Waals surface area contributed by atoms with E-state index in [9.17, 15) is 9.18 Å². The number of nitrogen functional groups attached to an aromatic ring is 1. The average molecular weight is 374 g/mol. The number of benzene rings is 3. The molecule has 3 N–H and O–H groups in total. The molecule has 0 aliphatic carbocycles. The number of nitrogens with zero attached hydrogens (tertiary/aromatic N) is 2. The molecule has 0 aliphatic heterocycles. The van der Waals surface area contributed by atoms with E-state index in [0.717, 1.165) is 27.7 Å². The van der Waals surface area contributed by atoms with Crippen molar-refractivity contribution < 1.29 is 9.18 Å². The van der Waals surface area contributed by atoms with Crippen LogP contribution in [0, 0.1) is 12.7 Å². The van der Waals surface area contributed by atoms with Crippen LogP contribution in [-0.4, -0.2) is 15.7 Å². The molecule has 0 aliphatic rings. The molecule has 0 radical (unpaired) electrons. The molecule has 0 unspecified atom stereocenters. The molecule has 0 saturated heterocycles. The van der Waals surface area contributed by atoms with Gasteiger partial charge < -0.3 is 11.1 Å². The van der Waals surface area contributed by atoms with Gasteiger partial charge in [0.05, 0.1) is 5.52 Å². The molecule has 0 atom stereocenters. The molecule has 4 aromatic rings. The third kappa shape index (κ3) is 3.20. The molecule has 6 heteroatoms. The van der Waals surface area contributed by atoms with Gasteiger partial charge in [0, 0.05) is 34.9 Å². The van der Waals surface area contributed by atoms with Crippen molar-refractivity contribution in [2.45, 2.75) is 6.92 Å². The number of aromatic nitrogens is 2. The van der Waals surface area contributed by atoms with Gasteiger partial charge in [-0.05, 0) is 67.1 Å². The highest BCUT2D eigenvalue weighted by Gasteiger charge is 2.15. The maximum atomic E-state index is 13.1. The minimum absolute atomic E-state index is 0.266. The van der Waals surface area contributed by atoms with Gasteiger partial charge in [0.15, 0.2) is 0 Å². The first-order valence-corrected chi connectivity index (χ1v) is 8.82. The summed E-state index contributed by atoms with van der Waals surface area (Å²) in [5.41, 5.74) is 11.3. The summed E-state index contributed by atoms with van der Waals surface area (Å²) in [6, 6.07) is 16.8. The van der Waals surface area contributed by atoms with Crippen molar-refractivity contribution in [2.24, 2.45) is 7.05 Å². The number of rotatable bonds is 3. The summed E-state index contributed by atoms with van der Waals surface area (Å²) in [6.07, 6.45) is 0. The largest absolute Gasteiger partial charge is 0.399 e. The number of hydrogen-bond donors (Lipinski definition) is 2. The Morgan fingerprint density at radius 1 is 1.07 bits per heavy atom. The lowest BCUT2D eigenvalue weighted by Gasteiger charge is -2.07. The zero-order valence-electron chi connectivity index (χ0n) is 15.5. The molecular formula is C22H19FN4O. The predicted octanol–water partition coefficient (Wildman–Crippen LogP) is 4.52. The van der Waals surface area contributed by atoms with Crippen molar-refractivity contribution in [1.29, 1.82) is 0 Å². The second-order valence-corrected chi connectivity index (χ2v) is 6.74. The third-order valence-corrected chi connectivity index (χ3v) is 4.72. The van der Waals surface area contributed by atoms with Gasteiger partial charge in [0.2, 0.25) is 0 Å². The monoisotopic (exact) mass is 374 g/mol. The highest BCUT2D eigenvalue weighted by atomic mass is 19.1. The molecule has 140 valence electrons. The van der Waals surface area contributed by atoms with E-state index in [2.05, 4.69) is 10.4 Å². The maximum Gasteiger partial charge on any atom is 0.255 e. The molecule has 0 saturated carbocycles. The zero-order chi connectivity index (χ0) is 19.8. The fourth-order valence-electron chi connectivity index (χ4n) is 3.29. The Bertz CT molecular complexity index is 1200. The van der Waals surface area contributed by atoms with E-state index in [-0.39, 0.29) is 11.7 Å². The Balaban J connectivity index is 1.75. The number of aryl methyl sites for hydroxylation is 2. The van der Waals surface area contributed by atoms with Crippen LogP contribution in [0.5, 0.6) is 0 Å². The Hall–Kier alpha value is -3.67. The van der Waals surface area contributed by atoms with Crippen LogP contribution < -0.4 is 11.1 Å². The fourth-order valence-corrected chi connectivity index (χ4v) is 3.29. The van der Waals surface area contributed by atoms with Gasteiger partial charge >= 0.3 is 0 Å².